The molecule has 0 spiro atoms. The zero-order valence-electron chi connectivity index (χ0n) is 24.6. The Labute approximate surface area is 224 Å². The Balaban J connectivity index is 1.99. The average Bonchev–Trinajstić information content (AvgIpc) is 3.17. The Hall–Kier alpha value is -2.10. The molecule has 0 aromatic heterocycles. The summed E-state index contributed by atoms with van der Waals surface area (Å²) in [6, 6.07) is 3.42. The molecule has 1 amide bonds. The monoisotopic (exact) mass is 537 g/mol. The molecule has 0 saturated carbocycles. The van der Waals surface area contributed by atoms with Crippen molar-refractivity contribution in [3.8, 4) is 5.75 Å². The van der Waals surface area contributed by atoms with E-state index in [0.29, 0.717) is 38.3 Å². The van der Waals surface area contributed by atoms with Crippen LogP contribution in [0.2, 0.25) is 18.1 Å². The van der Waals surface area contributed by atoms with Crippen molar-refractivity contribution in [2.24, 2.45) is 0 Å². The maximum atomic E-state index is 13.0. The predicted octanol–water partition coefficient (Wildman–Crippen LogP) is 5.89. The number of aryl methyl sites for hydroxylation is 2. The lowest BCUT2D eigenvalue weighted by Crippen LogP contribution is -2.46. The molecule has 0 unspecified atom stereocenters. The number of likely N-dealkylation sites (tertiary alicyclic amines) is 1. The van der Waals surface area contributed by atoms with Crippen molar-refractivity contribution < 1.29 is 33.0 Å². The van der Waals surface area contributed by atoms with Gasteiger partial charge in [-0.05, 0) is 82.4 Å². The molecule has 1 saturated heterocycles. The Morgan fingerprint density at radius 2 is 1.62 bits per heavy atom. The van der Waals surface area contributed by atoms with Crippen LogP contribution in [0.15, 0.2) is 12.1 Å². The number of nitrogens with zero attached hydrogens (tertiary/aromatic N) is 1. The van der Waals surface area contributed by atoms with E-state index < -0.39 is 13.9 Å². The fourth-order valence-electron chi connectivity index (χ4n) is 3.99. The Morgan fingerprint density at radius 1 is 1.03 bits per heavy atom. The molecule has 0 aliphatic carbocycles. The van der Waals surface area contributed by atoms with E-state index in [9.17, 15) is 9.59 Å². The third kappa shape index (κ3) is 8.72. The van der Waals surface area contributed by atoms with Gasteiger partial charge in [0.1, 0.15) is 18.0 Å². The second-order valence-corrected chi connectivity index (χ2v) is 17.2. The molecule has 2 rings (SSSR count). The van der Waals surface area contributed by atoms with Gasteiger partial charge in [0.05, 0.1) is 44.6 Å². The Kier molecular flexibility index (Phi) is 10.2. The number of ether oxygens (including phenoxy) is 4. The number of carbonyl (C=O) groups excluding carboxylic acids is 2. The van der Waals surface area contributed by atoms with Crippen molar-refractivity contribution in [3.05, 3.63) is 28.8 Å². The number of benzene rings is 1. The summed E-state index contributed by atoms with van der Waals surface area (Å²) in [5.41, 5.74) is 1.65. The summed E-state index contributed by atoms with van der Waals surface area (Å²) in [4.78, 5) is 26.6. The summed E-state index contributed by atoms with van der Waals surface area (Å²) in [5, 5.41) is 0.0842. The molecule has 9 heteroatoms. The van der Waals surface area contributed by atoms with Crippen molar-refractivity contribution in [2.75, 3.05) is 33.5 Å². The quantitative estimate of drug-likeness (QED) is 0.221. The number of esters is 1. The highest BCUT2D eigenvalue weighted by molar-refractivity contribution is 6.74. The maximum absolute atomic E-state index is 13.0. The first kappa shape index (κ1) is 31.1. The van der Waals surface area contributed by atoms with E-state index in [2.05, 4.69) is 33.9 Å². The summed E-state index contributed by atoms with van der Waals surface area (Å²) in [5.74, 6) is 0.364. The van der Waals surface area contributed by atoms with Gasteiger partial charge in [-0.2, -0.15) is 0 Å². The van der Waals surface area contributed by atoms with Crippen LogP contribution in [0.3, 0.4) is 0 Å². The van der Waals surface area contributed by atoms with Crippen LogP contribution in [-0.4, -0.2) is 76.5 Å². The predicted molar refractivity (Wildman–Crippen MR) is 147 cm³/mol. The third-order valence-corrected chi connectivity index (χ3v) is 11.5. The second-order valence-electron chi connectivity index (χ2n) is 12.4. The molecule has 1 heterocycles. The van der Waals surface area contributed by atoms with Crippen LogP contribution >= 0.6 is 0 Å². The van der Waals surface area contributed by atoms with Gasteiger partial charge in [0.2, 0.25) is 0 Å². The maximum Gasteiger partial charge on any atom is 0.410 e. The van der Waals surface area contributed by atoms with E-state index in [0.717, 1.165) is 16.9 Å². The molecule has 37 heavy (non-hydrogen) atoms. The number of hydrogen-bond acceptors (Lipinski definition) is 7. The zero-order valence-corrected chi connectivity index (χ0v) is 25.6. The summed E-state index contributed by atoms with van der Waals surface area (Å²) < 4.78 is 29.1. The lowest BCUT2D eigenvalue weighted by molar-refractivity contribution is 0.0118. The smallest absolute Gasteiger partial charge is 0.410 e. The lowest BCUT2D eigenvalue weighted by atomic mass is 10.1. The van der Waals surface area contributed by atoms with Crippen LogP contribution in [0.1, 0.15) is 69.4 Å². The second kappa shape index (κ2) is 12.2. The summed E-state index contributed by atoms with van der Waals surface area (Å²) in [6.07, 6.45) is 0.211. The molecule has 1 aromatic carbocycles. The number of amides is 1. The molecule has 0 N–H and O–H groups in total. The van der Waals surface area contributed by atoms with Crippen molar-refractivity contribution in [3.63, 3.8) is 0 Å². The van der Waals surface area contributed by atoms with Crippen LogP contribution < -0.4 is 4.74 Å². The molecule has 0 bridgehead atoms. The van der Waals surface area contributed by atoms with Gasteiger partial charge >= 0.3 is 12.1 Å². The van der Waals surface area contributed by atoms with E-state index >= 15 is 0 Å². The first-order valence-corrected chi connectivity index (χ1v) is 15.9. The largest absolute Gasteiger partial charge is 0.491 e. The molecule has 0 radical (unpaired) electrons. The number of carbonyl (C=O) groups is 2. The Bertz CT molecular complexity index is 926. The first-order valence-electron chi connectivity index (χ1n) is 13.0. The number of rotatable bonds is 9. The minimum Gasteiger partial charge on any atom is -0.491 e. The van der Waals surface area contributed by atoms with Gasteiger partial charge < -0.3 is 28.3 Å². The van der Waals surface area contributed by atoms with Crippen LogP contribution in [-0.2, 0) is 18.6 Å². The number of hydrogen-bond donors (Lipinski definition) is 0. The molecular weight excluding hydrogens is 490 g/mol. The van der Waals surface area contributed by atoms with Gasteiger partial charge in [-0.25, -0.2) is 9.59 Å². The average molecular weight is 538 g/mol. The van der Waals surface area contributed by atoms with Gasteiger partial charge in [-0.3, -0.25) is 0 Å². The fourth-order valence-corrected chi connectivity index (χ4v) is 5.03. The van der Waals surface area contributed by atoms with E-state index in [1.54, 1.807) is 17.0 Å². The minimum absolute atomic E-state index is 0.0842. The molecule has 1 aliphatic heterocycles. The highest BCUT2D eigenvalue weighted by Crippen LogP contribution is 2.37. The van der Waals surface area contributed by atoms with E-state index in [-0.39, 0.29) is 29.2 Å². The molecular formula is C28H47NO7Si. The summed E-state index contributed by atoms with van der Waals surface area (Å²) in [6.45, 7) is 22.1. The fraction of sp³-hybridized carbons (Fsp3) is 0.714. The molecule has 1 aromatic rings. The van der Waals surface area contributed by atoms with Crippen molar-refractivity contribution in [2.45, 2.75) is 97.7 Å². The van der Waals surface area contributed by atoms with E-state index in [4.69, 9.17) is 23.4 Å². The van der Waals surface area contributed by atoms with E-state index in [1.807, 2.05) is 34.6 Å². The highest BCUT2D eigenvalue weighted by atomic mass is 28.4. The molecule has 2 atom stereocenters. The highest BCUT2D eigenvalue weighted by Gasteiger charge is 2.42. The molecule has 1 aliphatic rings. The van der Waals surface area contributed by atoms with Gasteiger partial charge in [0.25, 0.3) is 0 Å². The third-order valence-electron chi connectivity index (χ3n) is 7.01. The Morgan fingerprint density at radius 3 is 2.14 bits per heavy atom. The van der Waals surface area contributed by atoms with Crippen molar-refractivity contribution in [1.29, 1.82) is 0 Å². The molecule has 1 fully saturated rings. The topological polar surface area (TPSA) is 83.5 Å². The summed E-state index contributed by atoms with van der Waals surface area (Å²) in [7, 11) is -0.601. The zero-order chi connectivity index (χ0) is 28.2. The summed E-state index contributed by atoms with van der Waals surface area (Å²) >= 11 is 0. The molecule has 210 valence electrons. The van der Waals surface area contributed by atoms with Gasteiger partial charge in [-0.15, -0.1) is 0 Å². The van der Waals surface area contributed by atoms with Crippen LogP contribution in [0, 0.1) is 13.8 Å². The van der Waals surface area contributed by atoms with Crippen LogP contribution in [0.25, 0.3) is 0 Å². The van der Waals surface area contributed by atoms with Crippen molar-refractivity contribution in [1.82, 2.24) is 4.90 Å². The lowest BCUT2D eigenvalue weighted by Gasteiger charge is -2.38. The van der Waals surface area contributed by atoms with E-state index in [1.165, 1.54) is 7.11 Å². The normalized spacial score (nSPS) is 18.6. The molecule has 8 nitrogen and oxygen atoms in total. The van der Waals surface area contributed by atoms with Gasteiger partial charge in [0.15, 0.2) is 8.32 Å². The van der Waals surface area contributed by atoms with Crippen LogP contribution in [0.4, 0.5) is 4.79 Å². The van der Waals surface area contributed by atoms with Gasteiger partial charge in [-0.1, -0.05) is 20.8 Å². The SMILES string of the molecule is COC(=O)c1cc(C)c(OCCO[C@@H]2C[C@H](CO[Si](C)(C)C(C)(C)C)N(C(=O)OC(C)(C)C)C2)c(C)c1. The minimum atomic E-state index is -1.97. The number of methoxy groups -OCH3 is 1. The van der Waals surface area contributed by atoms with Gasteiger partial charge in [0, 0.05) is 0 Å². The van der Waals surface area contributed by atoms with Crippen LogP contribution in [0.5, 0.6) is 5.75 Å². The standard InChI is InChI=1S/C28H47NO7Si/c1-19-14-21(25(30)32-9)15-20(2)24(19)34-13-12-33-23-16-22(18-35-37(10,11)28(6,7)8)29(17-23)26(31)36-27(3,4)5/h14-15,22-23H,12-13,16-18H2,1-11H3/t22-,23-/m1/s1. The van der Waals surface area contributed by atoms with Crippen molar-refractivity contribution >= 4 is 20.4 Å². The first-order chi connectivity index (χ1) is 16.9.